The van der Waals surface area contributed by atoms with Gasteiger partial charge in [0.1, 0.15) is 12.4 Å². The SMILES string of the molecule is O=S(=O)(NCC1CC1)c1ccc(C#CCO)c(F)c1. The van der Waals surface area contributed by atoms with Gasteiger partial charge in [0, 0.05) is 6.54 Å². The molecular formula is C13H14FNO3S. The molecule has 4 nitrogen and oxygen atoms in total. The smallest absolute Gasteiger partial charge is 0.240 e. The molecule has 2 N–H and O–H groups in total. The van der Waals surface area contributed by atoms with Crippen molar-refractivity contribution < 1.29 is 17.9 Å². The Labute approximate surface area is 111 Å². The second-order valence-corrected chi connectivity index (χ2v) is 6.16. The van der Waals surface area contributed by atoms with Crippen LogP contribution in [-0.2, 0) is 10.0 Å². The number of hydrogen-bond acceptors (Lipinski definition) is 3. The van der Waals surface area contributed by atoms with Crippen LogP contribution in [0.25, 0.3) is 0 Å². The molecule has 0 aliphatic heterocycles. The standard InChI is InChI=1S/C13H14FNO3S/c14-13-8-12(6-5-11(13)2-1-7-16)19(17,18)15-9-10-3-4-10/h5-6,8,10,15-16H,3-4,7,9H2. The fraction of sp³-hybridized carbons (Fsp3) is 0.385. The molecule has 19 heavy (non-hydrogen) atoms. The van der Waals surface area contributed by atoms with Crippen LogP contribution in [0.5, 0.6) is 0 Å². The zero-order chi connectivity index (χ0) is 13.9. The van der Waals surface area contributed by atoms with E-state index in [1.54, 1.807) is 0 Å². The molecule has 0 unspecified atom stereocenters. The van der Waals surface area contributed by atoms with E-state index in [0.29, 0.717) is 12.5 Å². The first-order chi connectivity index (χ1) is 9.03. The lowest BCUT2D eigenvalue weighted by Crippen LogP contribution is -2.25. The van der Waals surface area contributed by atoms with Crippen LogP contribution in [0, 0.1) is 23.6 Å². The third kappa shape index (κ3) is 3.77. The van der Waals surface area contributed by atoms with Crippen molar-refractivity contribution in [2.45, 2.75) is 17.7 Å². The van der Waals surface area contributed by atoms with Gasteiger partial charge >= 0.3 is 0 Å². The minimum absolute atomic E-state index is 0.0650. The molecule has 1 aliphatic carbocycles. The monoisotopic (exact) mass is 283 g/mol. The Hall–Kier alpha value is -1.42. The first kappa shape index (κ1) is 14.0. The minimum Gasteiger partial charge on any atom is -0.384 e. The van der Waals surface area contributed by atoms with Crippen molar-refractivity contribution >= 4 is 10.0 Å². The predicted octanol–water partition coefficient (Wildman–Crippen LogP) is 0.858. The first-order valence-electron chi connectivity index (χ1n) is 5.92. The molecule has 102 valence electrons. The van der Waals surface area contributed by atoms with Gasteiger partial charge in [0.2, 0.25) is 10.0 Å². The number of nitrogens with one attached hydrogen (secondary N) is 1. The van der Waals surface area contributed by atoms with Gasteiger partial charge < -0.3 is 5.11 Å². The minimum atomic E-state index is -3.66. The number of sulfonamides is 1. The van der Waals surface area contributed by atoms with E-state index in [2.05, 4.69) is 16.6 Å². The molecule has 2 rings (SSSR count). The molecule has 1 aromatic carbocycles. The molecule has 1 fully saturated rings. The van der Waals surface area contributed by atoms with Gasteiger partial charge in [-0.15, -0.1) is 0 Å². The maximum absolute atomic E-state index is 13.6. The molecule has 0 heterocycles. The van der Waals surface area contributed by atoms with Gasteiger partial charge in [-0.2, -0.15) is 0 Å². The van der Waals surface area contributed by atoms with Crippen LogP contribution < -0.4 is 4.72 Å². The fourth-order valence-electron chi connectivity index (χ4n) is 1.53. The predicted molar refractivity (Wildman–Crippen MR) is 68.3 cm³/mol. The van der Waals surface area contributed by atoms with E-state index in [-0.39, 0.29) is 17.1 Å². The van der Waals surface area contributed by atoms with Crippen molar-refractivity contribution in [3.63, 3.8) is 0 Å². The summed E-state index contributed by atoms with van der Waals surface area (Å²) in [5.74, 6) is 4.42. The normalized spacial score (nSPS) is 14.8. The second-order valence-electron chi connectivity index (χ2n) is 4.40. The number of aliphatic hydroxyl groups is 1. The van der Waals surface area contributed by atoms with E-state index in [4.69, 9.17) is 5.11 Å². The van der Waals surface area contributed by atoms with Crippen molar-refractivity contribution in [3.05, 3.63) is 29.6 Å². The van der Waals surface area contributed by atoms with Crippen LogP contribution in [0.4, 0.5) is 4.39 Å². The summed E-state index contributed by atoms with van der Waals surface area (Å²) in [6.45, 7) is 0.0262. The number of rotatable bonds is 4. The molecular weight excluding hydrogens is 269 g/mol. The summed E-state index contributed by atoms with van der Waals surface area (Å²) in [7, 11) is -3.66. The number of benzene rings is 1. The van der Waals surface area contributed by atoms with Crippen molar-refractivity contribution in [3.8, 4) is 11.8 Å². The third-order valence-corrected chi connectivity index (χ3v) is 4.23. The molecule has 0 bridgehead atoms. The van der Waals surface area contributed by atoms with Crippen LogP contribution >= 0.6 is 0 Å². The van der Waals surface area contributed by atoms with E-state index < -0.39 is 15.8 Å². The topological polar surface area (TPSA) is 66.4 Å². The lowest BCUT2D eigenvalue weighted by atomic mass is 10.2. The molecule has 0 atom stereocenters. The van der Waals surface area contributed by atoms with Crippen molar-refractivity contribution in [1.82, 2.24) is 4.72 Å². The molecule has 0 amide bonds. The fourth-order valence-corrected chi connectivity index (χ4v) is 2.66. The molecule has 0 saturated heterocycles. The van der Waals surface area contributed by atoms with Gasteiger partial charge in [-0.05, 0) is 37.0 Å². The van der Waals surface area contributed by atoms with E-state index in [0.717, 1.165) is 18.9 Å². The van der Waals surface area contributed by atoms with Gasteiger partial charge in [-0.3, -0.25) is 0 Å². The van der Waals surface area contributed by atoms with E-state index in [9.17, 15) is 12.8 Å². The highest BCUT2D eigenvalue weighted by Gasteiger charge is 2.24. The van der Waals surface area contributed by atoms with E-state index in [1.165, 1.54) is 12.1 Å². The van der Waals surface area contributed by atoms with Crippen LogP contribution in [0.2, 0.25) is 0 Å². The highest BCUT2D eigenvalue weighted by molar-refractivity contribution is 7.89. The average Bonchev–Trinajstić information content (AvgIpc) is 3.19. The van der Waals surface area contributed by atoms with Gasteiger partial charge in [0.15, 0.2) is 0 Å². The first-order valence-corrected chi connectivity index (χ1v) is 7.40. The Kier molecular flexibility index (Phi) is 4.20. The zero-order valence-electron chi connectivity index (χ0n) is 10.2. The molecule has 0 radical (unpaired) electrons. The van der Waals surface area contributed by atoms with Crippen LogP contribution in [0.1, 0.15) is 18.4 Å². The third-order valence-electron chi connectivity index (χ3n) is 2.81. The van der Waals surface area contributed by atoms with Crippen molar-refractivity contribution in [2.24, 2.45) is 5.92 Å². The number of halogens is 1. The molecule has 1 aromatic rings. The van der Waals surface area contributed by atoms with Gasteiger partial charge in [0.05, 0.1) is 10.5 Å². The van der Waals surface area contributed by atoms with E-state index in [1.807, 2.05) is 0 Å². The quantitative estimate of drug-likeness (QED) is 0.805. The molecule has 0 aromatic heterocycles. The summed E-state index contributed by atoms with van der Waals surface area (Å²) in [5.41, 5.74) is 0.0650. The number of hydrogen-bond donors (Lipinski definition) is 2. The lowest BCUT2D eigenvalue weighted by molar-refractivity contribution is 0.350. The van der Waals surface area contributed by atoms with Crippen molar-refractivity contribution in [2.75, 3.05) is 13.2 Å². The molecule has 0 spiro atoms. The number of aliphatic hydroxyl groups excluding tert-OH is 1. The summed E-state index contributed by atoms with van der Waals surface area (Å²) < 4.78 is 39.9. The molecule has 1 saturated carbocycles. The highest BCUT2D eigenvalue weighted by atomic mass is 32.2. The average molecular weight is 283 g/mol. The summed E-state index contributed by atoms with van der Waals surface area (Å²) in [6.07, 6.45) is 2.07. The molecule has 6 heteroatoms. The van der Waals surface area contributed by atoms with Gasteiger partial charge in [-0.1, -0.05) is 11.8 Å². The zero-order valence-corrected chi connectivity index (χ0v) is 11.0. The Morgan fingerprint density at radius 2 is 2.16 bits per heavy atom. The molecule has 1 aliphatic rings. The maximum Gasteiger partial charge on any atom is 0.240 e. The summed E-state index contributed by atoms with van der Waals surface area (Å²) in [4.78, 5) is -0.111. The van der Waals surface area contributed by atoms with Crippen molar-refractivity contribution in [1.29, 1.82) is 0 Å². The summed E-state index contributed by atoms with van der Waals surface area (Å²) in [5, 5.41) is 8.53. The maximum atomic E-state index is 13.6. The Bertz CT molecular complexity index is 627. The summed E-state index contributed by atoms with van der Waals surface area (Å²) >= 11 is 0. The van der Waals surface area contributed by atoms with E-state index >= 15 is 0 Å². The van der Waals surface area contributed by atoms with Crippen LogP contribution in [0.15, 0.2) is 23.1 Å². The van der Waals surface area contributed by atoms with Crippen LogP contribution in [-0.4, -0.2) is 26.7 Å². The Balaban J connectivity index is 2.17. The largest absolute Gasteiger partial charge is 0.384 e. The van der Waals surface area contributed by atoms with Crippen LogP contribution in [0.3, 0.4) is 0 Å². The highest BCUT2D eigenvalue weighted by Crippen LogP contribution is 2.28. The van der Waals surface area contributed by atoms with Gasteiger partial charge in [0.25, 0.3) is 0 Å². The Morgan fingerprint density at radius 3 is 2.74 bits per heavy atom. The second kappa shape index (κ2) is 5.70. The lowest BCUT2D eigenvalue weighted by Gasteiger charge is -2.06. The van der Waals surface area contributed by atoms with Gasteiger partial charge in [-0.25, -0.2) is 17.5 Å². The summed E-state index contributed by atoms with van der Waals surface area (Å²) in [6, 6.07) is 3.54. The Morgan fingerprint density at radius 1 is 1.42 bits per heavy atom.